The summed E-state index contributed by atoms with van der Waals surface area (Å²) in [5.41, 5.74) is 2.87. The molecule has 220 valence electrons. The summed E-state index contributed by atoms with van der Waals surface area (Å²) in [5.74, 6) is 1.27. The van der Waals surface area contributed by atoms with Crippen LogP contribution in [0.5, 0.6) is 0 Å². The van der Waals surface area contributed by atoms with Crippen LogP contribution in [0.3, 0.4) is 0 Å². The highest BCUT2D eigenvalue weighted by Crippen LogP contribution is 2.31. The molecule has 0 unspecified atom stereocenters. The molecular weight excluding hydrogens is 532 g/mol. The molecule has 6 nitrogen and oxygen atoms in total. The van der Waals surface area contributed by atoms with E-state index in [9.17, 15) is 9.59 Å². The Labute approximate surface area is 249 Å². The summed E-state index contributed by atoms with van der Waals surface area (Å²) in [6.07, 6.45) is 16.1. The lowest BCUT2D eigenvalue weighted by Gasteiger charge is -2.42. The lowest BCUT2D eigenvalue weighted by Crippen LogP contribution is -2.50. The van der Waals surface area contributed by atoms with Gasteiger partial charge in [-0.2, -0.15) is 0 Å². The van der Waals surface area contributed by atoms with Gasteiger partial charge in [0.1, 0.15) is 12.4 Å². The zero-order valence-corrected chi connectivity index (χ0v) is 25.1. The Balaban J connectivity index is 1.18. The van der Waals surface area contributed by atoms with Gasteiger partial charge in [0.15, 0.2) is 0 Å². The van der Waals surface area contributed by atoms with E-state index in [-0.39, 0.29) is 11.8 Å². The van der Waals surface area contributed by atoms with Crippen LogP contribution in [-0.4, -0.2) is 44.9 Å². The topological polar surface area (TPSA) is 67.2 Å². The third-order valence-electron chi connectivity index (χ3n) is 8.96. The van der Waals surface area contributed by atoms with Crippen molar-refractivity contribution in [3.8, 4) is 0 Å². The number of aryl methyl sites for hydroxylation is 1. The number of carbonyl (C=O) groups excluding carboxylic acids is 2. The van der Waals surface area contributed by atoms with Crippen LogP contribution in [-0.2, 0) is 29.0 Å². The molecule has 41 heavy (non-hydrogen) atoms. The SMILES string of the molecule is O=C(Cc1ccccc1Cl)NCCCCCc1nc2ccccc2n1CC(=O)N(C1CCCCC1)C1CCCCC1. The van der Waals surface area contributed by atoms with E-state index in [0.29, 0.717) is 36.6 Å². The van der Waals surface area contributed by atoms with Crippen LogP contribution in [0.4, 0.5) is 0 Å². The number of hydrogen-bond donors (Lipinski definition) is 1. The first-order valence-electron chi connectivity index (χ1n) is 15.9. The van der Waals surface area contributed by atoms with Gasteiger partial charge in [-0.25, -0.2) is 4.98 Å². The predicted molar refractivity (Wildman–Crippen MR) is 166 cm³/mol. The van der Waals surface area contributed by atoms with Crippen LogP contribution in [0.15, 0.2) is 48.5 Å². The molecule has 2 aliphatic rings. The smallest absolute Gasteiger partial charge is 0.243 e. The normalized spacial score (nSPS) is 16.6. The van der Waals surface area contributed by atoms with Crippen molar-refractivity contribution in [3.63, 3.8) is 0 Å². The molecule has 0 spiro atoms. The fourth-order valence-corrected chi connectivity index (χ4v) is 7.03. The number of amides is 2. The van der Waals surface area contributed by atoms with E-state index >= 15 is 0 Å². The largest absolute Gasteiger partial charge is 0.356 e. The van der Waals surface area contributed by atoms with Crippen LogP contribution < -0.4 is 5.32 Å². The summed E-state index contributed by atoms with van der Waals surface area (Å²) in [7, 11) is 0. The number of carbonyl (C=O) groups is 2. The fraction of sp³-hybridized carbons (Fsp3) is 0.559. The molecule has 2 aliphatic carbocycles. The number of halogens is 1. The number of benzene rings is 2. The summed E-state index contributed by atoms with van der Waals surface area (Å²) in [5, 5.41) is 3.65. The molecule has 2 fully saturated rings. The first kappa shape index (κ1) is 29.6. The molecule has 0 radical (unpaired) electrons. The highest BCUT2D eigenvalue weighted by atomic mass is 35.5. The Morgan fingerprint density at radius 1 is 0.854 bits per heavy atom. The summed E-state index contributed by atoms with van der Waals surface area (Å²) in [6, 6.07) is 16.5. The zero-order chi connectivity index (χ0) is 28.4. The van der Waals surface area contributed by atoms with Crippen LogP contribution in [0.1, 0.15) is 94.9 Å². The highest BCUT2D eigenvalue weighted by molar-refractivity contribution is 6.31. The van der Waals surface area contributed by atoms with Crippen molar-refractivity contribution in [2.24, 2.45) is 0 Å². The van der Waals surface area contributed by atoms with E-state index in [2.05, 4.69) is 20.9 Å². The first-order chi connectivity index (χ1) is 20.1. The van der Waals surface area contributed by atoms with E-state index in [1.165, 1.54) is 38.5 Å². The molecule has 7 heteroatoms. The maximum atomic E-state index is 14.1. The number of hydrogen-bond acceptors (Lipinski definition) is 3. The van der Waals surface area contributed by atoms with Crippen LogP contribution >= 0.6 is 11.6 Å². The van der Waals surface area contributed by atoms with E-state index < -0.39 is 0 Å². The third kappa shape index (κ3) is 7.91. The minimum atomic E-state index is -0.00103. The summed E-state index contributed by atoms with van der Waals surface area (Å²) < 4.78 is 2.18. The molecule has 0 atom stereocenters. The summed E-state index contributed by atoms with van der Waals surface area (Å²) >= 11 is 6.19. The second-order valence-corrected chi connectivity index (χ2v) is 12.3. The van der Waals surface area contributed by atoms with Crippen molar-refractivity contribution >= 4 is 34.4 Å². The van der Waals surface area contributed by atoms with Gasteiger partial charge >= 0.3 is 0 Å². The maximum absolute atomic E-state index is 14.1. The first-order valence-corrected chi connectivity index (χ1v) is 16.2. The van der Waals surface area contributed by atoms with E-state index in [0.717, 1.165) is 73.8 Å². The number of nitrogens with one attached hydrogen (secondary N) is 1. The molecule has 3 aromatic rings. The molecule has 5 rings (SSSR count). The van der Waals surface area contributed by atoms with Crippen molar-refractivity contribution in [2.45, 2.75) is 115 Å². The molecular formula is C34H45ClN4O2. The van der Waals surface area contributed by atoms with Gasteiger partial charge in [-0.3, -0.25) is 9.59 Å². The molecule has 1 heterocycles. The van der Waals surface area contributed by atoms with Crippen molar-refractivity contribution in [2.75, 3.05) is 6.54 Å². The molecule has 0 bridgehead atoms. The van der Waals surface area contributed by atoms with Crippen LogP contribution in [0, 0.1) is 0 Å². The molecule has 0 saturated heterocycles. The van der Waals surface area contributed by atoms with Gasteiger partial charge < -0.3 is 14.8 Å². The highest BCUT2D eigenvalue weighted by Gasteiger charge is 2.33. The Morgan fingerprint density at radius 3 is 2.22 bits per heavy atom. The van der Waals surface area contributed by atoms with Gasteiger partial charge in [-0.15, -0.1) is 0 Å². The second-order valence-electron chi connectivity index (χ2n) is 11.9. The molecule has 1 aromatic heterocycles. The molecule has 1 N–H and O–H groups in total. The molecule has 2 aromatic carbocycles. The lowest BCUT2D eigenvalue weighted by atomic mass is 9.88. The Morgan fingerprint density at radius 2 is 1.51 bits per heavy atom. The fourth-order valence-electron chi connectivity index (χ4n) is 6.82. The average Bonchev–Trinajstić information content (AvgIpc) is 3.34. The number of aromatic nitrogens is 2. The standard InChI is InChI=1S/C34H45ClN4O2/c35-29-19-10-9-14-26(29)24-33(40)36-23-13-3-8-22-32-37-30-20-11-12-21-31(30)38(32)25-34(41)39(27-15-4-1-5-16-27)28-17-6-2-7-18-28/h9-12,14,19-21,27-28H,1-8,13,15-18,22-25H2,(H,36,40). The van der Waals surface area contributed by atoms with Crippen molar-refractivity contribution in [3.05, 3.63) is 64.9 Å². The van der Waals surface area contributed by atoms with E-state index in [1.54, 1.807) is 0 Å². The third-order valence-corrected chi connectivity index (χ3v) is 9.33. The van der Waals surface area contributed by atoms with Gasteiger partial charge in [-0.05, 0) is 62.3 Å². The molecule has 0 aliphatic heterocycles. The predicted octanol–water partition coefficient (Wildman–Crippen LogP) is 7.26. The monoisotopic (exact) mass is 576 g/mol. The van der Waals surface area contributed by atoms with E-state index in [1.807, 2.05) is 42.5 Å². The summed E-state index contributed by atoms with van der Waals surface area (Å²) in [4.78, 5) is 33.7. The average molecular weight is 577 g/mol. The number of rotatable bonds is 12. The van der Waals surface area contributed by atoms with Gasteiger partial charge in [0.05, 0.1) is 17.5 Å². The van der Waals surface area contributed by atoms with Crippen molar-refractivity contribution < 1.29 is 9.59 Å². The van der Waals surface area contributed by atoms with Crippen molar-refractivity contribution in [1.29, 1.82) is 0 Å². The van der Waals surface area contributed by atoms with Crippen LogP contribution in [0.25, 0.3) is 11.0 Å². The Hall–Kier alpha value is -2.86. The van der Waals surface area contributed by atoms with Gasteiger partial charge in [0.25, 0.3) is 0 Å². The summed E-state index contributed by atoms with van der Waals surface area (Å²) in [6.45, 7) is 1.02. The number of nitrogens with zero attached hydrogens (tertiary/aromatic N) is 3. The number of unbranched alkanes of at least 4 members (excludes halogenated alkanes) is 2. The van der Waals surface area contributed by atoms with Crippen LogP contribution in [0.2, 0.25) is 5.02 Å². The minimum Gasteiger partial charge on any atom is -0.356 e. The zero-order valence-electron chi connectivity index (χ0n) is 24.3. The lowest BCUT2D eigenvalue weighted by molar-refractivity contribution is -0.138. The number of fused-ring (bicyclic) bond motifs is 1. The van der Waals surface area contributed by atoms with Crippen molar-refractivity contribution in [1.82, 2.24) is 19.8 Å². The Bertz CT molecular complexity index is 1270. The second kappa shape index (κ2) is 14.9. The minimum absolute atomic E-state index is 0.00103. The van der Waals surface area contributed by atoms with Gasteiger partial charge in [0.2, 0.25) is 11.8 Å². The number of para-hydroxylation sites is 2. The number of imidazole rings is 1. The van der Waals surface area contributed by atoms with Gasteiger partial charge in [0, 0.05) is 30.1 Å². The quantitative estimate of drug-likeness (QED) is 0.231. The maximum Gasteiger partial charge on any atom is 0.243 e. The Kier molecular flexibility index (Phi) is 10.7. The molecule has 2 amide bonds. The van der Waals surface area contributed by atoms with Gasteiger partial charge in [-0.1, -0.05) is 86.9 Å². The van der Waals surface area contributed by atoms with E-state index in [4.69, 9.17) is 16.6 Å². The molecule has 2 saturated carbocycles.